The number of sulfonamides is 1. The Morgan fingerprint density at radius 1 is 1.09 bits per heavy atom. The van der Waals surface area contributed by atoms with Gasteiger partial charge in [-0.1, -0.05) is 51.3 Å². The van der Waals surface area contributed by atoms with Crippen LogP contribution in [0.2, 0.25) is 0 Å². The molecule has 182 valence electrons. The van der Waals surface area contributed by atoms with Gasteiger partial charge in [0.15, 0.2) is 0 Å². The lowest BCUT2D eigenvalue weighted by molar-refractivity contribution is 0.0945. The van der Waals surface area contributed by atoms with Crippen LogP contribution in [-0.4, -0.2) is 33.2 Å². The molecule has 1 atom stereocenters. The van der Waals surface area contributed by atoms with E-state index in [1.54, 1.807) is 42.5 Å². The van der Waals surface area contributed by atoms with Gasteiger partial charge in [-0.25, -0.2) is 8.42 Å². The van der Waals surface area contributed by atoms with Crippen LogP contribution >= 0.6 is 0 Å². The fraction of sp³-hybridized carbons (Fsp3) is 0.500. The number of hydrogen-bond acceptors (Lipinski definition) is 4. The van der Waals surface area contributed by atoms with Gasteiger partial charge in [0, 0.05) is 18.2 Å². The number of carbonyl (C=O) groups is 1. The predicted octanol–water partition coefficient (Wildman–Crippen LogP) is 5.39. The lowest BCUT2D eigenvalue weighted by Gasteiger charge is -2.23. The molecule has 0 saturated heterocycles. The molecular formula is C26H38N2O4S. The van der Waals surface area contributed by atoms with Crippen LogP contribution < -0.4 is 14.4 Å². The average molecular weight is 475 g/mol. The molecule has 2 aromatic carbocycles. The average Bonchev–Trinajstić information content (AvgIpc) is 2.76. The molecular weight excluding hydrogens is 436 g/mol. The highest BCUT2D eigenvalue weighted by atomic mass is 32.2. The van der Waals surface area contributed by atoms with Crippen molar-refractivity contribution in [3.05, 3.63) is 59.7 Å². The van der Waals surface area contributed by atoms with E-state index in [-0.39, 0.29) is 18.6 Å². The summed E-state index contributed by atoms with van der Waals surface area (Å²) in [6.07, 6.45) is 5.68. The number of amides is 1. The normalized spacial score (nSPS) is 12.4. The van der Waals surface area contributed by atoms with Crippen molar-refractivity contribution in [2.24, 2.45) is 5.92 Å². The summed E-state index contributed by atoms with van der Waals surface area (Å²) in [5.74, 6) is 1.01. The number of unbranched alkanes of at least 4 members (excludes halogenated alkanes) is 1. The standard InChI is InChI=1S/C26H38N2O4S/c1-6-8-10-21(7-2)18-27-26(29)23-15-13-22(14-16-23)19-28(33(5,30)31)24-11-9-12-25(17-24)32-20(3)4/h9,11-17,20-21H,6-8,10,18-19H2,1-5H3,(H,27,29). The molecule has 0 heterocycles. The molecule has 33 heavy (non-hydrogen) atoms. The monoisotopic (exact) mass is 474 g/mol. The van der Waals surface area contributed by atoms with Gasteiger partial charge in [0.1, 0.15) is 5.75 Å². The summed E-state index contributed by atoms with van der Waals surface area (Å²) in [6, 6.07) is 14.2. The summed E-state index contributed by atoms with van der Waals surface area (Å²) in [5, 5.41) is 3.03. The third kappa shape index (κ3) is 8.72. The van der Waals surface area contributed by atoms with E-state index in [2.05, 4.69) is 19.2 Å². The van der Waals surface area contributed by atoms with Gasteiger partial charge in [0.25, 0.3) is 5.91 Å². The number of carbonyl (C=O) groups excluding carboxylic acids is 1. The van der Waals surface area contributed by atoms with E-state index in [9.17, 15) is 13.2 Å². The summed E-state index contributed by atoms with van der Waals surface area (Å²) in [5.41, 5.74) is 1.90. The first-order valence-corrected chi connectivity index (χ1v) is 13.6. The summed E-state index contributed by atoms with van der Waals surface area (Å²) in [4.78, 5) is 12.5. The molecule has 0 aliphatic rings. The van der Waals surface area contributed by atoms with Crippen molar-refractivity contribution < 1.29 is 17.9 Å². The lowest BCUT2D eigenvalue weighted by atomic mass is 9.99. The van der Waals surface area contributed by atoms with Crippen LogP contribution in [0.25, 0.3) is 0 Å². The maximum absolute atomic E-state index is 12.5. The van der Waals surface area contributed by atoms with Gasteiger partial charge in [-0.15, -0.1) is 0 Å². The van der Waals surface area contributed by atoms with Crippen LogP contribution in [-0.2, 0) is 16.6 Å². The van der Waals surface area contributed by atoms with Crippen LogP contribution in [0.3, 0.4) is 0 Å². The molecule has 0 aromatic heterocycles. The summed E-state index contributed by atoms with van der Waals surface area (Å²) >= 11 is 0. The highest BCUT2D eigenvalue weighted by molar-refractivity contribution is 7.92. The Morgan fingerprint density at radius 3 is 2.36 bits per heavy atom. The Labute approximate surface area is 199 Å². The molecule has 0 spiro atoms. The molecule has 0 fully saturated rings. The lowest BCUT2D eigenvalue weighted by Crippen LogP contribution is -2.30. The van der Waals surface area contributed by atoms with Crippen LogP contribution in [0.1, 0.15) is 69.3 Å². The second-order valence-electron chi connectivity index (χ2n) is 8.76. The maximum atomic E-state index is 12.5. The number of nitrogens with zero attached hydrogens (tertiary/aromatic N) is 1. The minimum atomic E-state index is -3.52. The zero-order valence-electron chi connectivity index (χ0n) is 20.5. The summed E-state index contributed by atoms with van der Waals surface area (Å²) in [7, 11) is -3.52. The van der Waals surface area contributed by atoms with Crippen LogP contribution in [0.4, 0.5) is 5.69 Å². The molecule has 0 radical (unpaired) electrons. The number of anilines is 1. The zero-order valence-corrected chi connectivity index (χ0v) is 21.3. The molecule has 1 amide bonds. The Morgan fingerprint density at radius 2 is 1.79 bits per heavy atom. The van der Waals surface area contributed by atoms with E-state index in [0.29, 0.717) is 29.5 Å². The van der Waals surface area contributed by atoms with Gasteiger partial charge in [-0.2, -0.15) is 0 Å². The fourth-order valence-corrected chi connectivity index (χ4v) is 4.47. The van der Waals surface area contributed by atoms with E-state index in [1.165, 1.54) is 17.0 Å². The van der Waals surface area contributed by atoms with Crippen molar-refractivity contribution in [2.45, 2.75) is 66.0 Å². The molecule has 7 heteroatoms. The SMILES string of the molecule is CCCCC(CC)CNC(=O)c1ccc(CN(c2cccc(OC(C)C)c2)S(C)(=O)=O)cc1. The van der Waals surface area contributed by atoms with Crippen molar-refractivity contribution in [3.8, 4) is 5.75 Å². The van der Waals surface area contributed by atoms with Crippen molar-refractivity contribution in [3.63, 3.8) is 0 Å². The topological polar surface area (TPSA) is 75.7 Å². The first-order chi connectivity index (χ1) is 15.6. The predicted molar refractivity (Wildman–Crippen MR) is 135 cm³/mol. The number of hydrogen-bond donors (Lipinski definition) is 1. The Hall–Kier alpha value is -2.54. The van der Waals surface area contributed by atoms with Gasteiger partial charge in [0.05, 0.1) is 24.6 Å². The molecule has 0 saturated carbocycles. The van der Waals surface area contributed by atoms with Crippen LogP contribution in [0.5, 0.6) is 5.75 Å². The summed E-state index contributed by atoms with van der Waals surface area (Å²) < 4.78 is 32.1. The van der Waals surface area contributed by atoms with Crippen molar-refractivity contribution in [2.75, 3.05) is 17.1 Å². The van der Waals surface area contributed by atoms with Gasteiger partial charge in [-0.05, 0) is 56.0 Å². The molecule has 6 nitrogen and oxygen atoms in total. The smallest absolute Gasteiger partial charge is 0.251 e. The van der Waals surface area contributed by atoms with Crippen LogP contribution in [0, 0.1) is 5.92 Å². The largest absolute Gasteiger partial charge is 0.491 e. The molecule has 1 N–H and O–H groups in total. The number of nitrogens with one attached hydrogen (secondary N) is 1. The van der Waals surface area contributed by atoms with E-state index in [4.69, 9.17) is 4.74 Å². The van der Waals surface area contributed by atoms with Crippen molar-refractivity contribution >= 4 is 21.6 Å². The first kappa shape index (κ1) is 26.7. The van der Waals surface area contributed by atoms with E-state index in [1.807, 2.05) is 19.9 Å². The highest BCUT2D eigenvalue weighted by Crippen LogP contribution is 2.26. The molecule has 0 aliphatic carbocycles. The second-order valence-corrected chi connectivity index (χ2v) is 10.7. The minimum Gasteiger partial charge on any atom is -0.491 e. The van der Waals surface area contributed by atoms with E-state index >= 15 is 0 Å². The zero-order chi connectivity index (χ0) is 24.4. The Kier molecular flexibility index (Phi) is 10.2. The van der Waals surface area contributed by atoms with E-state index < -0.39 is 10.0 Å². The Bertz CT molecular complexity index is 988. The van der Waals surface area contributed by atoms with Crippen molar-refractivity contribution in [1.29, 1.82) is 0 Å². The van der Waals surface area contributed by atoms with Gasteiger partial charge in [0.2, 0.25) is 10.0 Å². The van der Waals surface area contributed by atoms with E-state index in [0.717, 1.165) is 24.8 Å². The minimum absolute atomic E-state index is 0.00938. The number of rotatable bonds is 13. The van der Waals surface area contributed by atoms with Crippen LogP contribution in [0.15, 0.2) is 48.5 Å². The quantitative estimate of drug-likeness (QED) is 0.422. The van der Waals surface area contributed by atoms with Gasteiger partial charge < -0.3 is 10.1 Å². The molecule has 0 bridgehead atoms. The third-order valence-corrected chi connectivity index (χ3v) is 6.66. The molecule has 0 aliphatic heterocycles. The van der Waals surface area contributed by atoms with Gasteiger partial charge >= 0.3 is 0 Å². The second kappa shape index (κ2) is 12.6. The number of ether oxygens (including phenoxy) is 1. The fourth-order valence-electron chi connectivity index (χ4n) is 3.59. The maximum Gasteiger partial charge on any atom is 0.251 e. The molecule has 1 unspecified atom stereocenters. The third-order valence-electron chi connectivity index (χ3n) is 5.51. The number of benzene rings is 2. The van der Waals surface area contributed by atoms with Crippen molar-refractivity contribution in [1.82, 2.24) is 5.32 Å². The Balaban J connectivity index is 2.10. The molecule has 2 aromatic rings. The van der Waals surface area contributed by atoms with Gasteiger partial charge in [-0.3, -0.25) is 9.10 Å². The molecule has 2 rings (SSSR count). The highest BCUT2D eigenvalue weighted by Gasteiger charge is 2.19. The summed E-state index contributed by atoms with van der Waals surface area (Å²) in [6.45, 7) is 9.01. The first-order valence-electron chi connectivity index (χ1n) is 11.8.